The monoisotopic (exact) mass is 383 g/mol. The third-order valence-electron chi connectivity index (χ3n) is 4.26. The van der Waals surface area contributed by atoms with Gasteiger partial charge in [-0.25, -0.2) is 0 Å². The molecule has 24 heavy (non-hydrogen) atoms. The molecule has 3 rings (SSSR count). The number of rotatable bonds is 4. The molecule has 2 aromatic rings. The summed E-state index contributed by atoms with van der Waals surface area (Å²) in [6.07, 6.45) is -2.90. The number of aromatic nitrogens is 1. The lowest BCUT2D eigenvalue weighted by molar-refractivity contribution is -0.138. The maximum Gasteiger partial charge on any atom is 0.389 e. The van der Waals surface area contributed by atoms with Crippen LogP contribution < -0.4 is 5.32 Å². The fourth-order valence-electron chi connectivity index (χ4n) is 3.13. The molecule has 136 valence electrons. The van der Waals surface area contributed by atoms with Gasteiger partial charge in [0.05, 0.1) is 0 Å². The van der Waals surface area contributed by atoms with E-state index in [1.54, 1.807) is 0 Å². The molecule has 0 bridgehead atoms. The number of benzene rings is 1. The number of hydrogen-bond donors (Lipinski definition) is 2. The predicted octanol–water partition coefficient (Wildman–Crippen LogP) is 4.30. The van der Waals surface area contributed by atoms with E-state index in [9.17, 15) is 13.2 Å². The van der Waals surface area contributed by atoms with Crippen molar-refractivity contribution >= 4 is 35.7 Å². The van der Waals surface area contributed by atoms with E-state index in [0.717, 1.165) is 42.6 Å². The van der Waals surface area contributed by atoms with Gasteiger partial charge >= 0.3 is 6.18 Å². The molecule has 1 atom stereocenters. The molecule has 0 saturated carbocycles. The summed E-state index contributed by atoms with van der Waals surface area (Å²) in [5.74, 6) is 0. The van der Waals surface area contributed by atoms with Crippen LogP contribution in [0, 0.1) is 0 Å². The Kier molecular flexibility index (Phi) is 7.86. The number of hydrogen-bond acceptors (Lipinski definition) is 2. The smallest absolute Gasteiger partial charge is 0.361 e. The summed E-state index contributed by atoms with van der Waals surface area (Å²) in [6, 6.07) is 7.70. The van der Waals surface area contributed by atoms with Crippen molar-refractivity contribution < 1.29 is 13.2 Å². The second-order valence-corrected chi connectivity index (χ2v) is 5.78. The number of alkyl halides is 3. The Balaban J connectivity index is 0.00000144. The van der Waals surface area contributed by atoms with Crippen molar-refractivity contribution in [3.8, 4) is 0 Å². The van der Waals surface area contributed by atoms with Gasteiger partial charge in [-0.15, -0.1) is 24.8 Å². The van der Waals surface area contributed by atoms with Gasteiger partial charge in [0.2, 0.25) is 0 Å². The molecule has 2 heterocycles. The van der Waals surface area contributed by atoms with Gasteiger partial charge < -0.3 is 10.3 Å². The van der Waals surface area contributed by atoms with Gasteiger partial charge in [0.15, 0.2) is 0 Å². The Labute approximate surface area is 151 Å². The van der Waals surface area contributed by atoms with Crippen LogP contribution in [0.3, 0.4) is 0 Å². The van der Waals surface area contributed by atoms with E-state index in [2.05, 4.69) is 15.2 Å². The number of aromatic amines is 1. The van der Waals surface area contributed by atoms with Gasteiger partial charge in [0.25, 0.3) is 0 Å². The van der Waals surface area contributed by atoms with E-state index in [4.69, 9.17) is 0 Å². The van der Waals surface area contributed by atoms with Gasteiger partial charge in [-0.2, -0.15) is 13.2 Å². The van der Waals surface area contributed by atoms with Crippen molar-refractivity contribution in [2.45, 2.75) is 25.1 Å². The zero-order chi connectivity index (χ0) is 15.6. The first-order chi connectivity index (χ1) is 10.5. The normalized spacial score (nSPS) is 17.1. The number of piperazine rings is 1. The molecule has 8 heteroatoms. The number of H-pyrrole nitrogens is 1. The maximum atomic E-state index is 12.7. The lowest BCUT2D eigenvalue weighted by atomic mass is 9.98. The molecule has 0 amide bonds. The van der Waals surface area contributed by atoms with E-state index < -0.39 is 12.6 Å². The molecule has 3 nitrogen and oxygen atoms in total. The first kappa shape index (κ1) is 21.1. The summed E-state index contributed by atoms with van der Waals surface area (Å²) in [5, 5.41) is 4.33. The van der Waals surface area contributed by atoms with Crippen LogP contribution in [0.2, 0.25) is 0 Å². The molecule has 0 radical (unpaired) electrons. The molecule has 1 aromatic carbocycles. The van der Waals surface area contributed by atoms with E-state index in [1.165, 1.54) is 0 Å². The average molecular weight is 384 g/mol. The third kappa shape index (κ3) is 5.28. The number of nitrogens with one attached hydrogen (secondary N) is 2. The molecule has 0 unspecified atom stereocenters. The molecule has 1 fully saturated rings. The quantitative estimate of drug-likeness (QED) is 0.824. The van der Waals surface area contributed by atoms with Crippen molar-refractivity contribution in [2.24, 2.45) is 0 Å². The van der Waals surface area contributed by atoms with Crippen LogP contribution >= 0.6 is 24.8 Å². The van der Waals surface area contributed by atoms with E-state index in [0.29, 0.717) is 0 Å². The SMILES string of the molecule is Cl.Cl.FC(F)(F)CC[C@H](c1ccc2cc[nH]c2c1)N1CCNCC1. The molecule has 2 N–H and O–H groups in total. The van der Waals surface area contributed by atoms with Crippen LogP contribution in [0.1, 0.15) is 24.4 Å². The summed E-state index contributed by atoms with van der Waals surface area (Å²) < 4.78 is 38.0. The Morgan fingerprint density at radius 2 is 1.79 bits per heavy atom. The van der Waals surface area contributed by atoms with Crippen molar-refractivity contribution in [3.05, 3.63) is 36.0 Å². The van der Waals surface area contributed by atoms with Gasteiger partial charge in [-0.1, -0.05) is 12.1 Å². The first-order valence-electron chi connectivity index (χ1n) is 7.61. The van der Waals surface area contributed by atoms with Crippen LogP contribution in [0.4, 0.5) is 13.2 Å². The molecule has 0 spiro atoms. The van der Waals surface area contributed by atoms with Gasteiger partial charge in [-0.05, 0) is 29.5 Å². The molecule has 1 aromatic heterocycles. The van der Waals surface area contributed by atoms with Gasteiger partial charge in [-0.3, -0.25) is 4.90 Å². The van der Waals surface area contributed by atoms with Crippen LogP contribution in [0.25, 0.3) is 10.9 Å². The second-order valence-electron chi connectivity index (χ2n) is 5.78. The van der Waals surface area contributed by atoms with E-state index in [1.807, 2.05) is 30.5 Å². The fraction of sp³-hybridized carbons (Fsp3) is 0.500. The minimum atomic E-state index is -4.11. The summed E-state index contributed by atoms with van der Waals surface area (Å²) in [4.78, 5) is 5.30. The van der Waals surface area contributed by atoms with Crippen LogP contribution in [0.5, 0.6) is 0 Å². The molecule has 1 aliphatic heterocycles. The molecule has 1 saturated heterocycles. The summed E-state index contributed by atoms with van der Waals surface area (Å²) in [5.41, 5.74) is 1.94. The predicted molar refractivity (Wildman–Crippen MR) is 95.3 cm³/mol. The van der Waals surface area contributed by atoms with Crippen molar-refractivity contribution in [1.82, 2.24) is 15.2 Å². The minimum absolute atomic E-state index is 0. The largest absolute Gasteiger partial charge is 0.389 e. The average Bonchev–Trinajstić information content (AvgIpc) is 2.95. The summed E-state index contributed by atoms with van der Waals surface area (Å²) in [6.45, 7) is 3.22. The zero-order valence-corrected chi connectivity index (χ0v) is 14.7. The molecular formula is C16H22Cl2F3N3. The zero-order valence-electron chi connectivity index (χ0n) is 13.1. The Bertz CT molecular complexity index is 624. The highest BCUT2D eigenvalue weighted by atomic mass is 35.5. The van der Waals surface area contributed by atoms with E-state index in [-0.39, 0.29) is 37.3 Å². The topological polar surface area (TPSA) is 31.1 Å². The summed E-state index contributed by atoms with van der Waals surface area (Å²) in [7, 11) is 0. The Morgan fingerprint density at radius 1 is 1.08 bits per heavy atom. The summed E-state index contributed by atoms with van der Waals surface area (Å²) >= 11 is 0. The number of nitrogens with zero attached hydrogens (tertiary/aromatic N) is 1. The van der Waals surface area contributed by atoms with Gasteiger partial charge in [0, 0.05) is 50.4 Å². The number of halogens is 5. The molecular weight excluding hydrogens is 362 g/mol. The molecule has 0 aliphatic carbocycles. The second kappa shape index (κ2) is 8.94. The maximum absolute atomic E-state index is 12.7. The highest BCUT2D eigenvalue weighted by Gasteiger charge is 2.31. The van der Waals surface area contributed by atoms with Crippen LogP contribution in [-0.4, -0.2) is 42.2 Å². The standard InChI is InChI=1S/C16H20F3N3.2ClH/c17-16(18,19)5-3-15(22-9-7-20-8-10-22)13-2-1-12-4-6-21-14(12)11-13;;/h1-2,4,6,11,15,20-21H,3,5,7-10H2;2*1H/t15-;;/m1../s1. The lowest BCUT2D eigenvalue weighted by Gasteiger charge is -2.35. The molecule has 1 aliphatic rings. The Hall–Kier alpha value is -0.950. The number of fused-ring (bicyclic) bond motifs is 1. The van der Waals surface area contributed by atoms with Crippen LogP contribution in [-0.2, 0) is 0 Å². The third-order valence-corrected chi connectivity index (χ3v) is 4.26. The highest BCUT2D eigenvalue weighted by Crippen LogP contribution is 2.32. The highest BCUT2D eigenvalue weighted by molar-refractivity contribution is 5.85. The van der Waals surface area contributed by atoms with Gasteiger partial charge in [0.1, 0.15) is 0 Å². The minimum Gasteiger partial charge on any atom is -0.361 e. The van der Waals surface area contributed by atoms with Crippen LogP contribution in [0.15, 0.2) is 30.5 Å². The Morgan fingerprint density at radius 3 is 2.46 bits per heavy atom. The van der Waals surface area contributed by atoms with Crippen molar-refractivity contribution in [1.29, 1.82) is 0 Å². The van der Waals surface area contributed by atoms with Crippen molar-refractivity contribution in [3.63, 3.8) is 0 Å². The van der Waals surface area contributed by atoms with E-state index >= 15 is 0 Å². The lowest BCUT2D eigenvalue weighted by Crippen LogP contribution is -2.45. The fourth-order valence-corrected chi connectivity index (χ4v) is 3.13. The first-order valence-corrected chi connectivity index (χ1v) is 7.61. The van der Waals surface area contributed by atoms with Crippen molar-refractivity contribution in [2.75, 3.05) is 26.2 Å².